The third kappa shape index (κ3) is 5.29. The van der Waals surface area contributed by atoms with Crippen LogP contribution in [-0.4, -0.2) is 30.7 Å². The SMILES string of the molecule is Cc1cc2cc(C(=O)N(Cc3ncc(Br)cc3C)C(C)c3ncccn3)ccc2nc1N.Cl. The summed E-state index contributed by atoms with van der Waals surface area (Å²) in [7, 11) is 0. The highest BCUT2D eigenvalue weighted by atomic mass is 79.9. The lowest BCUT2D eigenvalue weighted by Gasteiger charge is -2.29. The Kier molecular flexibility index (Phi) is 7.61. The average Bonchev–Trinajstić information content (AvgIpc) is 2.79. The molecule has 170 valence electrons. The van der Waals surface area contributed by atoms with Gasteiger partial charge in [0.25, 0.3) is 5.91 Å². The molecule has 1 atom stereocenters. The Bertz CT molecular complexity index is 1300. The summed E-state index contributed by atoms with van der Waals surface area (Å²) in [6, 6.07) is 10.8. The molecule has 7 nitrogen and oxygen atoms in total. The van der Waals surface area contributed by atoms with Crippen LogP contribution < -0.4 is 5.73 Å². The molecule has 0 radical (unpaired) electrons. The zero-order valence-electron chi connectivity index (χ0n) is 18.5. The maximum atomic E-state index is 13.7. The van der Waals surface area contributed by atoms with E-state index in [1.54, 1.807) is 35.6 Å². The molecule has 33 heavy (non-hydrogen) atoms. The van der Waals surface area contributed by atoms with Gasteiger partial charge >= 0.3 is 0 Å². The summed E-state index contributed by atoms with van der Waals surface area (Å²) in [5.74, 6) is 0.928. The van der Waals surface area contributed by atoms with Gasteiger partial charge in [0.2, 0.25) is 0 Å². The van der Waals surface area contributed by atoms with Crippen molar-refractivity contribution in [3.05, 3.63) is 87.7 Å². The van der Waals surface area contributed by atoms with Crippen molar-refractivity contribution < 1.29 is 4.79 Å². The van der Waals surface area contributed by atoms with E-state index in [1.165, 1.54) is 0 Å². The fourth-order valence-corrected chi connectivity index (χ4v) is 3.99. The van der Waals surface area contributed by atoms with Crippen LogP contribution in [0, 0.1) is 13.8 Å². The number of benzene rings is 1. The standard InChI is InChI=1S/C24H23BrN6O.ClH/c1-14-10-19(25)12-29-21(14)13-31(16(3)23-27-7-4-8-28-23)24(32)17-5-6-20-18(11-17)9-15(2)22(26)30-20;/h4-12,16H,13H2,1-3H3,(H2,26,30);1H. The van der Waals surface area contributed by atoms with Gasteiger partial charge in [0.1, 0.15) is 11.6 Å². The lowest BCUT2D eigenvalue weighted by atomic mass is 10.1. The number of pyridine rings is 2. The van der Waals surface area contributed by atoms with Crippen molar-refractivity contribution in [2.75, 3.05) is 5.73 Å². The first-order chi connectivity index (χ1) is 15.3. The Morgan fingerprint density at radius 1 is 1.09 bits per heavy atom. The smallest absolute Gasteiger partial charge is 0.254 e. The van der Waals surface area contributed by atoms with E-state index in [0.29, 0.717) is 23.8 Å². The molecule has 0 fully saturated rings. The maximum Gasteiger partial charge on any atom is 0.254 e. The largest absolute Gasteiger partial charge is 0.383 e. The van der Waals surface area contributed by atoms with Crippen molar-refractivity contribution in [3.8, 4) is 0 Å². The predicted molar refractivity (Wildman–Crippen MR) is 135 cm³/mol. The minimum Gasteiger partial charge on any atom is -0.383 e. The third-order valence-corrected chi connectivity index (χ3v) is 5.89. The van der Waals surface area contributed by atoms with Crippen LogP contribution in [0.1, 0.15) is 46.0 Å². The molecule has 9 heteroatoms. The molecule has 1 unspecified atom stereocenters. The van der Waals surface area contributed by atoms with E-state index in [9.17, 15) is 4.79 Å². The lowest BCUT2D eigenvalue weighted by Crippen LogP contribution is -2.34. The molecule has 0 aliphatic heterocycles. The van der Waals surface area contributed by atoms with E-state index in [2.05, 4.69) is 35.9 Å². The number of hydrogen-bond donors (Lipinski definition) is 1. The van der Waals surface area contributed by atoms with Crippen LogP contribution in [0.25, 0.3) is 10.9 Å². The van der Waals surface area contributed by atoms with Crippen molar-refractivity contribution in [1.82, 2.24) is 24.8 Å². The predicted octanol–water partition coefficient (Wildman–Crippen LogP) is 5.21. The average molecular weight is 528 g/mol. The van der Waals surface area contributed by atoms with Crippen molar-refractivity contribution in [2.45, 2.75) is 33.4 Å². The highest BCUT2D eigenvalue weighted by Crippen LogP contribution is 2.26. The van der Waals surface area contributed by atoms with Gasteiger partial charge in [-0.1, -0.05) is 0 Å². The normalized spacial score (nSPS) is 11.6. The summed E-state index contributed by atoms with van der Waals surface area (Å²) in [5, 5.41) is 0.865. The van der Waals surface area contributed by atoms with E-state index in [4.69, 9.17) is 5.73 Å². The number of aromatic nitrogens is 4. The van der Waals surface area contributed by atoms with Gasteiger partial charge in [-0.2, -0.15) is 0 Å². The number of nitrogens with zero attached hydrogens (tertiary/aromatic N) is 5. The monoisotopic (exact) mass is 526 g/mol. The number of halogens is 2. The first-order valence-corrected chi connectivity index (χ1v) is 11.0. The van der Waals surface area contributed by atoms with Gasteiger partial charge in [-0.3, -0.25) is 9.78 Å². The van der Waals surface area contributed by atoms with Crippen molar-refractivity contribution in [1.29, 1.82) is 0 Å². The lowest BCUT2D eigenvalue weighted by molar-refractivity contribution is 0.0663. The molecule has 0 aliphatic carbocycles. The summed E-state index contributed by atoms with van der Waals surface area (Å²) in [6.45, 7) is 6.14. The Labute approximate surface area is 207 Å². The van der Waals surface area contributed by atoms with Crippen molar-refractivity contribution in [2.24, 2.45) is 0 Å². The number of fused-ring (bicyclic) bond motifs is 1. The minimum absolute atomic E-state index is 0. The molecule has 3 heterocycles. The van der Waals surface area contributed by atoms with E-state index in [1.807, 2.05) is 45.0 Å². The molecule has 4 aromatic rings. The molecule has 1 amide bonds. The van der Waals surface area contributed by atoms with Crippen LogP contribution in [0.5, 0.6) is 0 Å². The Balaban J connectivity index is 0.00000306. The molecule has 0 saturated carbocycles. The number of nitrogen functional groups attached to an aromatic ring is 1. The quantitative estimate of drug-likeness (QED) is 0.383. The minimum atomic E-state index is -0.351. The van der Waals surface area contributed by atoms with E-state index >= 15 is 0 Å². The number of anilines is 1. The summed E-state index contributed by atoms with van der Waals surface area (Å²) in [4.78, 5) is 33.2. The molecule has 0 aliphatic rings. The molecule has 1 aromatic carbocycles. The molecular weight excluding hydrogens is 504 g/mol. The third-order valence-electron chi connectivity index (χ3n) is 5.45. The fourth-order valence-electron chi connectivity index (χ4n) is 3.54. The molecule has 2 N–H and O–H groups in total. The second kappa shape index (κ2) is 10.2. The number of aryl methyl sites for hydroxylation is 2. The maximum absolute atomic E-state index is 13.7. The van der Waals surface area contributed by atoms with Crippen LogP contribution in [0.4, 0.5) is 5.82 Å². The zero-order chi connectivity index (χ0) is 22.8. The Morgan fingerprint density at radius 3 is 2.52 bits per heavy atom. The van der Waals surface area contributed by atoms with Gasteiger partial charge in [0, 0.05) is 34.0 Å². The summed E-state index contributed by atoms with van der Waals surface area (Å²) >= 11 is 3.45. The molecular formula is C24H24BrClN6O. The van der Waals surface area contributed by atoms with Crippen LogP contribution in [0.2, 0.25) is 0 Å². The van der Waals surface area contributed by atoms with Gasteiger partial charge in [-0.25, -0.2) is 15.0 Å². The van der Waals surface area contributed by atoms with Crippen molar-refractivity contribution in [3.63, 3.8) is 0 Å². The van der Waals surface area contributed by atoms with Gasteiger partial charge in [-0.15, -0.1) is 12.4 Å². The van der Waals surface area contributed by atoms with Gasteiger partial charge < -0.3 is 10.6 Å². The van der Waals surface area contributed by atoms with Crippen LogP contribution >= 0.6 is 28.3 Å². The molecule has 0 bridgehead atoms. The van der Waals surface area contributed by atoms with Gasteiger partial charge in [0.05, 0.1) is 23.8 Å². The number of rotatable bonds is 5. The Hall–Kier alpha value is -3.10. The molecule has 3 aromatic heterocycles. The zero-order valence-corrected chi connectivity index (χ0v) is 20.9. The fraction of sp³-hybridized carbons (Fsp3) is 0.208. The highest BCUT2D eigenvalue weighted by molar-refractivity contribution is 9.10. The van der Waals surface area contributed by atoms with E-state index in [-0.39, 0.29) is 24.4 Å². The highest BCUT2D eigenvalue weighted by Gasteiger charge is 2.26. The first-order valence-electron chi connectivity index (χ1n) is 10.2. The number of hydrogen-bond acceptors (Lipinski definition) is 6. The molecule has 0 saturated heterocycles. The summed E-state index contributed by atoms with van der Waals surface area (Å²) in [6.07, 6.45) is 5.10. The van der Waals surface area contributed by atoms with Gasteiger partial charge in [0.15, 0.2) is 0 Å². The number of carbonyl (C=O) groups is 1. The van der Waals surface area contributed by atoms with Crippen LogP contribution in [0.15, 0.2) is 59.5 Å². The Morgan fingerprint density at radius 2 is 1.82 bits per heavy atom. The molecule has 4 rings (SSSR count). The molecule has 0 spiro atoms. The number of carbonyl (C=O) groups excluding carboxylic acids is 1. The van der Waals surface area contributed by atoms with Crippen LogP contribution in [-0.2, 0) is 6.54 Å². The second-order valence-electron chi connectivity index (χ2n) is 7.73. The number of nitrogens with two attached hydrogens (primary N) is 1. The van der Waals surface area contributed by atoms with Gasteiger partial charge in [-0.05, 0) is 84.2 Å². The van der Waals surface area contributed by atoms with Crippen molar-refractivity contribution >= 4 is 51.0 Å². The van der Waals surface area contributed by atoms with E-state index < -0.39 is 0 Å². The topological polar surface area (TPSA) is 97.9 Å². The summed E-state index contributed by atoms with van der Waals surface area (Å²) < 4.78 is 0.896. The second-order valence-corrected chi connectivity index (χ2v) is 8.65. The first kappa shape index (κ1) is 24.5. The van der Waals surface area contributed by atoms with Crippen LogP contribution in [0.3, 0.4) is 0 Å². The number of amides is 1. The summed E-state index contributed by atoms with van der Waals surface area (Å²) in [5.41, 5.74) is 9.93. The van der Waals surface area contributed by atoms with E-state index in [0.717, 1.165) is 32.2 Å².